The van der Waals surface area contributed by atoms with Crippen LogP contribution in [0.5, 0.6) is 0 Å². The topological polar surface area (TPSA) is 78.9 Å². The summed E-state index contributed by atoms with van der Waals surface area (Å²) in [5.74, 6) is 4.15. The minimum atomic E-state index is -0.423. The zero-order valence-corrected chi connectivity index (χ0v) is 23.3. The Labute approximate surface area is 216 Å². The second-order valence-electron chi connectivity index (χ2n) is 12.8. The van der Waals surface area contributed by atoms with E-state index in [1.54, 1.807) is 13.0 Å². The van der Waals surface area contributed by atoms with Crippen LogP contribution in [-0.2, 0) is 28.6 Å². The molecule has 0 aliphatic heterocycles. The maximum absolute atomic E-state index is 13.3. The molecule has 0 N–H and O–H groups in total. The van der Waals surface area contributed by atoms with Crippen LogP contribution in [0.1, 0.15) is 80.6 Å². The number of hydrogen-bond acceptors (Lipinski definition) is 6. The molecule has 0 aromatic heterocycles. The van der Waals surface area contributed by atoms with Gasteiger partial charge in [0.05, 0.1) is 19.3 Å². The third-order valence-corrected chi connectivity index (χ3v) is 9.77. The molecule has 0 spiro atoms. The van der Waals surface area contributed by atoms with Gasteiger partial charge >= 0.3 is 5.97 Å². The molecular formula is C30H46O6. The molecular weight excluding hydrogens is 456 g/mol. The molecule has 0 aromatic carbocycles. The van der Waals surface area contributed by atoms with Crippen LogP contribution in [0.25, 0.3) is 0 Å². The lowest BCUT2D eigenvalue weighted by Crippen LogP contribution is -2.42. The van der Waals surface area contributed by atoms with Crippen LogP contribution in [0, 0.1) is 59.2 Å². The van der Waals surface area contributed by atoms with Crippen LogP contribution in [0.3, 0.4) is 0 Å². The van der Waals surface area contributed by atoms with Crippen LogP contribution < -0.4 is 0 Å². The third kappa shape index (κ3) is 5.24. The molecule has 4 bridgehead atoms. The second-order valence-corrected chi connectivity index (χ2v) is 12.8. The Balaban J connectivity index is 1.45. The Morgan fingerprint density at radius 1 is 0.806 bits per heavy atom. The van der Waals surface area contributed by atoms with Gasteiger partial charge < -0.3 is 14.2 Å². The van der Waals surface area contributed by atoms with Gasteiger partial charge in [-0.3, -0.25) is 14.4 Å². The molecule has 36 heavy (non-hydrogen) atoms. The van der Waals surface area contributed by atoms with Gasteiger partial charge in [-0.25, -0.2) is 0 Å². The number of Topliss-reactive ketones (excluding diaryl/α,β-unsaturated/α-hetero) is 1. The molecule has 6 nitrogen and oxygen atoms in total. The molecule has 4 rings (SSSR count). The van der Waals surface area contributed by atoms with Gasteiger partial charge in [0.25, 0.3) is 5.95 Å². The number of allylic oxidation sites excluding steroid dienone is 1. The lowest BCUT2D eigenvalue weighted by Gasteiger charge is -2.44. The average Bonchev–Trinajstić information content (AvgIpc) is 3.52. The van der Waals surface area contributed by atoms with Crippen molar-refractivity contribution in [3.8, 4) is 0 Å². The summed E-state index contributed by atoms with van der Waals surface area (Å²) >= 11 is 0. The maximum Gasteiger partial charge on any atom is 0.313 e. The van der Waals surface area contributed by atoms with Gasteiger partial charge in [-0.15, -0.1) is 0 Å². The molecule has 0 aromatic rings. The Bertz CT molecular complexity index is 882. The summed E-state index contributed by atoms with van der Waals surface area (Å²) in [6.07, 6.45) is 5.56. The molecule has 0 amide bonds. The van der Waals surface area contributed by atoms with Crippen molar-refractivity contribution in [3.63, 3.8) is 0 Å². The number of ether oxygens (including phenoxy) is 3. The molecule has 6 heteroatoms. The van der Waals surface area contributed by atoms with Crippen molar-refractivity contribution in [2.75, 3.05) is 13.2 Å². The van der Waals surface area contributed by atoms with E-state index in [0.717, 1.165) is 25.7 Å². The molecule has 4 aliphatic rings. The summed E-state index contributed by atoms with van der Waals surface area (Å²) in [4.78, 5) is 38.4. The van der Waals surface area contributed by atoms with Crippen LogP contribution >= 0.6 is 0 Å². The fourth-order valence-electron chi connectivity index (χ4n) is 8.64. The summed E-state index contributed by atoms with van der Waals surface area (Å²) in [5.41, 5.74) is -0.423. The third-order valence-electron chi connectivity index (χ3n) is 9.77. The first kappa shape index (κ1) is 27.2. The van der Waals surface area contributed by atoms with Crippen LogP contribution in [0.4, 0.5) is 0 Å². The van der Waals surface area contributed by atoms with Crippen molar-refractivity contribution < 1.29 is 28.6 Å². The summed E-state index contributed by atoms with van der Waals surface area (Å²) < 4.78 is 16.6. The van der Waals surface area contributed by atoms with Gasteiger partial charge in [0.15, 0.2) is 5.78 Å². The minimum Gasteiger partial charge on any atom is -0.466 e. The summed E-state index contributed by atoms with van der Waals surface area (Å²) in [5, 5.41) is 0. The van der Waals surface area contributed by atoms with E-state index in [2.05, 4.69) is 13.8 Å². The van der Waals surface area contributed by atoms with E-state index in [0.29, 0.717) is 66.5 Å². The Kier molecular flexibility index (Phi) is 7.92. The molecule has 4 saturated carbocycles. The average molecular weight is 503 g/mol. The first-order valence-corrected chi connectivity index (χ1v) is 14.2. The molecule has 0 radical (unpaired) electrons. The van der Waals surface area contributed by atoms with Crippen molar-refractivity contribution in [3.05, 3.63) is 12.0 Å². The van der Waals surface area contributed by atoms with Crippen LogP contribution in [0.2, 0.25) is 0 Å². The van der Waals surface area contributed by atoms with Crippen LogP contribution in [0.15, 0.2) is 12.0 Å². The quantitative estimate of drug-likeness (QED) is 0.168. The number of rotatable bonds is 10. The number of carbonyl (C=O) groups excluding carboxylic acids is 3. The largest absolute Gasteiger partial charge is 0.466 e. The van der Waals surface area contributed by atoms with Gasteiger partial charge in [0, 0.05) is 11.8 Å². The molecule has 10 unspecified atom stereocenters. The van der Waals surface area contributed by atoms with E-state index < -0.39 is 5.60 Å². The Hall–Kier alpha value is -1.85. The molecule has 0 saturated heterocycles. The van der Waals surface area contributed by atoms with Crippen molar-refractivity contribution in [2.24, 2.45) is 59.2 Å². The monoisotopic (exact) mass is 502 g/mol. The molecule has 0 heterocycles. The van der Waals surface area contributed by atoms with Gasteiger partial charge in [-0.2, -0.15) is 0 Å². The summed E-state index contributed by atoms with van der Waals surface area (Å²) in [6, 6.07) is 0. The first-order valence-electron chi connectivity index (χ1n) is 14.2. The van der Waals surface area contributed by atoms with Crippen molar-refractivity contribution in [2.45, 2.75) is 86.2 Å². The first-order chi connectivity index (χ1) is 16.9. The highest BCUT2D eigenvalue weighted by Crippen LogP contribution is 2.66. The van der Waals surface area contributed by atoms with Gasteiger partial charge in [-0.1, -0.05) is 13.8 Å². The van der Waals surface area contributed by atoms with E-state index in [9.17, 15) is 14.4 Å². The number of hydrogen-bond donors (Lipinski definition) is 0. The molecule has 4 fully saturated rings. The summed E-state index contributed by atoms with van der Waals surface area (Å²) in [6.45, 7) is 15.0. The lowest BCUT2D eigenvalue weighted by molar-refractivity contribution is -0.147. The maximum atomic E-state index is 13.3. The van der Waals surface area contributed by atoms with Crippen molar-refractivity contribution in [1.82, 2.24) is 0 Å². The smallest absolute Gasteiger partial charge is 0.313 e. The van der Waals surface area contributed by atoms with Gasteiger partial charge in [0.1, 0.15) is 17.8 Å². The predicted molar refractivity (Wildman–Crippen MR) is 137 cm³/mol. The molecule has 202 valence electrons. The molecule has 10 atom stereocenters. The standard InChI is InChI=1S/C30H46O6/c1-8-34-26(33)14-24(31)22-10-18-11-23(22)29(16(18)3)28-17(4)20-12-19(28)13-21(20)25(32)15-27(35-9-2)36-30(5,6)7/h15-23,28-29H,8-14H2,1-7H3/b27-15+. The van der Waals surface area contributed by atoms with E-state index in [-0.39, 0.29) is 35.8 Å². The van der Waals surface area contributed by atoms with Crippen molar-refractivity contribution >= 4 is 17.5 Å². The predicted octanol–water partition coefficient (Wildman–Crippen LogP) is 5.59. The lowest BCUT2D eigenvalue weighted by atomic mass is 9.60. The highest BCUT2D eigenvalue weighted by atomic mass is 16.7. The van der Waals surface area contributed by atoms with Gasteiger partial charge in [0.2, 0.25) is 0 Å². The van der Waals surface area contributed by atoms with E-state index >= 15 is 0 Å². The summed E-state index contributed by atoms with van der Waals surface area (Å²) in [7, 11) is 0. The number of carbonyl (C=O) groups is 3. The zero-order chi connectivity index (χ0) is 26.4. The van der Waals surface area contributed by atoms with Crippen LogP contribution in [-0.4, -0.2) is 36.4 Å². The van der Waals surface area contributed by atoms with Crippen molar-refractivity contribution in [1.29, 1.82) is 0 Å². The normalized spacial score (nSPS) is 39.4. The SMILES string of the molecule is CCOC(=O)CC(=O)C1CC2CC1C(C1C3CC(C(=O)/C=C(\OCC)OC(C)(C)C)C(C3)C1C)C2C. The number of esters is 1. The van der Waals surface area contributed by atoms with E-state index in [1.165, 1.54) is 0 Å². The van der Waals surface area contributed by atoms with E-state index in [1.807, 2.05) is 27.7 Å². The Morgan fingerprint density at radius 3 is 2.03 bits per heavy atom. The Morgan fingerprint density at radius 2 is 1.44 bits per heavy atom. The minimum absolute atomic E-state index is 0.00408. The highest BCUT2D eigenvalue weighted by molar-refractivity contribution is 5.97. The zero-order valence-electron chi connectivity index (χ0n) is 23.3. The number of ketones is 2. The van der Waals surface area contributed by atoms with E-state index in [4.69, 9.17) is 14.2 Å². The highest BCUT2D eigenvalue weighted by Gasteiger charge is 2.62. The number of fused-ring (bicyclic) bond motifs is 4. The fourth-order valence-corrected chi connectivity index (χ4v) is 8.64. The van der Waals surface area contributed by atoms with Gasteiger partial charge in [-0.05, 0) is 108 Å². The molecule has 4 aliphatic carbocycles. The fraction of sp³-hybridized carbons (Fsp3) is 0.833. The second kappa shape index (κ2) is 10.5.